The molecule has 1 aromatic heterocycles. The molecule has 46 heavy (non-hydrogen) atoms. The summed E-state index contributed by atoms with van der Waals surface area (Å²) in [5.41, 5.74) is -2.40. The van der Waals surface area contributed by atoms with Crippen molar-refractivity contribution in [3.8, 4) is 11.6 Å². The molecular weight excluding hydrogens is 594 g/mol. The average molecular weight is 632 g/mol. The second-order valence-corrected chi connectivity index (χ2v) is 13.4. The highest BCUT2D eigenvalue weighted by molar-refractivity contribution is 6.27. The first-order chi connectivity index (χ1) is 21.7. The van der Waals surface area contributed by atoms with Crippen LogP contribution in [-0.2, 0) is 27.3 Å². The van der Waals surface area contributed by atoms with Gasteiger partial charge in [0.05, 0.1) is 17.7 Å². The van der Waals surface area contributed by atoms with Crippen LogP contribution in [-0.4, -0.2) is 58.0 Å². The van der Waals surface area contributed by atoms with E-state index in [-0.39, 0.29) is 60.1 Å². The number of aryl methyl sites for hydroxylation is 1. The highest BCUT2D eigenvalue weighted by Crippen LogP contribution is 2.60. The van der Waals surface area contributed by atoms with Crippen molar-refractivity contribution in [2.45, 2.75) is 71.2 Å². The number of hydrogen-bond acceptors (Lipinski definition) is 11. The Morgan fingerprint density at radius 3 is 2.48 bits per heavy atom. The quantitative estimate of drug-likeness (QED) is 0.197. The van der Waals surface area contributed by atoms with E-state index in [1.165, 1.54) is 13.2 Å². The lowest BCUT2D eigenvalue weighted by molar-refractivity contribution is -0.144. The lowest BCUT2D eigenvalue weighted by atomic mass is 9.50. The second kappa shape index (κ2) is 11.1. The SMILES string of the molecule is COC[C@@]12Cc3c(C)ccc(OC(=O)OC(C)(C)C)c3C(O)=C1C(=O)[C@]1(O)C(=O)c3c(OCc4ccccc4)noc3[C@@H](C)[C@@H]1C2. The number of rotatable bonds is 6. The molecule has 0 aliphatic heterocycles. The van der Waals surface area contributed by atoms with Crippen LogP contribution >= 0.6 is 0 Å². The monoisotopic (exact) mass is 631 g/mol. The summed E-state index contributed by atoms with van der Waals surface area (Å²) in [5.74, 6) is -3.82. The van der Waals surface area contributed by atoms with E-state index < -0.39 is 51.9 Å². The minimum absolute atomic E-state index is 0.0103. The van der Waals surface area contributed by atoms with Crippen LogP contribution in [0.15, 0.2) is 52.6 Å². The third kappa shape index (κ3) is 4.89. The molecule has 3 aromatic rings. The van der Waals surface area contributed by atoms with Crippen LogP contribution in [0.2, 0.25) is 0 Å². The van der Waals surface area contributed by atoms with Gasteiger partial charge >= 0.3 is 6.16 Å². The molecule has 0 radical (unpaired) electrons. The zero-order valence-electron chi connectivity index (χ0n) is 26.6. The van der Waals surface area contributed by atoms with Gasteiger partial charge in [0.1, 0.15) is 29.3 Å². The number of ketones is 2. The van der Waals surface area contributed by atoms with Crippen LogP contribution in [0.1, 0.15) is 78.4 Å². The minimum atomic E-state index is -2.56. The molecule has 6 rings (SSSR count). The Labute approximate surface area is 266 Å². The molecular formula is C35H37NO10. The van der Waals surface area contributed by atoms with Crippen molar-refractivity contribution in [2.75, 3.05) is 13.7 Å². The molecule has 242 valence electrons. The Hall–Kier alpha value is -4.48. The fraction of sp³-hybridized carbons (Fsp3) is 0.429. The summed E-state index contributed by atoms with van der Waals surface area (Å²) in [7, 11) is 1.49. The predicted octanol–water partition coefficient (Wildman–Crippen LogP) is 5.65. The lowest BCUT2D eigenvalue weighted by Crippen LogP contribution is -2.64. The maximum Gasteiger partial charge on any atom is 0.514 e. The van der Waals surface area contributed by atoms with Gasteiger partial charge in [-0.05, 0) is 68.4 Å². The Morgan fingerprint density at radius 1 is 1.09 bits per heavy atom. The molecule has 11 nitrogen and oxygen atoms in total. The molecule has 11 heteroatoms. The summed E-state index contributed by atoms with van der Waals surface area (Å²) < 4.78 is 28.0. The predicted molar refractivity (Wildman–Crippen MR) is 164 cm³/mol. The molecule has 0 saturated heterocycles. The van der Waals surface area contributed by atoms with E-state index in [9.17, 15) is 24.6 Å². The van der Waals surface area contributed by atoms with Crippen LogP contribution < -0.4 is 9.47 Å². The van der Waals surface area contributed by atoms with Crippen molar-refractivity contribution in [2.24, 2.45) is 11.3 Å². The molecule has 3 aliphatic carbocycles. The van der Waals surface area contributed by atoms with Gasteiger partial charge in [-0.3, -0.25) is 9.59 Å². The van der Waals surface area contributed by atoms with Gasteiger partial charge < -0.3 is 33.7 Å². The van der Waals surface area contributed by atoms with Crippen molar-refractivity contribution in [3.05, 3.63) is 81.6 Å². The largest absolute Gasteiger partial charge is 0.514 e. The van der Waals surface area contributed by atoms with Crippen molar-refractivity contribution >= 4 is 23.5 Å². The third-order valence-corrected chi connectivity index (χ3v) is 9.25. The molecule has 3 aliphatic rings. The van der Waals surface area contributed by atoms with E-state index in [0.29, 0.717) is 5.56 Å². The number of aromatic nitrogens is 1. The highest BCUT2D eigenvalue weighted by Gasteiger charge is 2.67. The maximum atomic E-state index is 14.6. The minimum Gasteiger partial charge on any atom is -0.507 e. The summed E-state index contributed by atoms with van der Waals surface area (Å²) in [6.07, 6.45) is -0.676. The number of aliphatic hydroxyl groups is 2. The van der Waals surface area contributed by atoms with Crippen molar-refractivity contribution in [1.29, 1.82) is 0 Å². The van der Waals surface area contributed by atoms with Gasteiger partial charge in [-0.1, -0.05) is 43.3 Å². The molecule has 1 saturated carbocycles. The van der Waals surface area contributed by atoms with Crippen LogP contribution in [0.5, 0.6) is 11.6 Å². The third-order valence-electron chi connectivity index (χ3n) is 9.25. The molecule has 0 bridgehead atoms. The van der Waals surface area contributed by atoms with Gasteiger partial charge in [-0.2, -0.15) is 0 Å². The number of carbonyl (C=O) groups excluding carboxylic acids is 3. The number of carbonyl (C=O) groups is 3. The van der Waals surface area contributed by atoms with E-state index in [1.807, 2.05) is 37.3 Å². The number of ether oxygens (including phenoxy) is 4. The van der Waals surface area contributed by atoms with Crippen LogP contribution in [0, 0.1) is 18.3 Å². The number of benzene rings is 2. The number of methoxy groups -OCH3 is 1. The summed E-state index contributed by atoms with van der Waals surface area (Å²) in [6, 6.07) is 12.5. The standard InChI is InChI=1S/C35H37NO10/c1-18-12-13-23(44-32(40)45-33(3,4)5)24-21(18)14-34(17-42-6)15-22-19(2)28-25(29(38)35(22,41)30(39)26(34)27(24)37)31(36-46-28)43-16-20-10-8-7-9-11-20/h7-13,19,22,37,41H,14-17H2,1-6H3/t19-,22-,34-,35+/m0/s1. The van der Waals surface area contributed by atoms with Crippen molar-refractivity contribution in [3.63, 3.8) is 0 Å². The van der Waals surface area contributed by atoms with E-state index in [2.05, 4.69) is 5.16 Å². The van der Waals surface area contributed by atoms with Gasteiger partial charge in [0.15, 0.2) is 11.4 Å². The highest BCUT2D eigenvalue weighted by atomic mass is 16.7. The Bertz CT molecular complexity index is 1770. The summed E-state index contributed by atoms with van der Waals surface area (Å²) in [6.45, 7) is 8.78. The summed E-state index contributed by atoms with van der Waals surface area (Å²) >= 11 is 0. The molecule has 0 unspecified atom stereocenters. The molecule has 2 N–H and O–H groups in total. The average Bonchev–Trinajstić information content (AvgIpc) is 3.42. The molecule has 2 aromatic carbocycles. The van der Waals surface area contributed by atoms with Gasteiger partial charge in [0.25, 0.3) is 5.88 Å². The maximum absolute atomic E-state index is 14.6. The lowest BCUT2D eigenvalue weighted by Gasteiger charge is -2.52. The normalized spacial score (nSPS) is 25.3. The molecule has 0 spiro atoms. The van der Waals surface area contributed by atoms with E-state index in [4.69, 9.17) is 23.5 Å². The first-order valence-electron chi connectivity index (χ1n) is 15.2. The van der Waals surface area contributed by atoms with E-state index in [1.54, 1.807) is 33.8 Å². The summed E-state index contributed by atoms with van der Waals surface area (Å²) in [4.78, 5) is 41.5. The fourth-order valence-electron chi connectivity index (χ4n) is 7.19. The number of aliphatic hydroxyl groups excluding tert-OH is 1. The van der Waals surface area contributed by atoms with Gasteiger partial charge in [0.2, 0.25) is 11.6 Å². The Balaban J connectivity index is 1.45. The first kappa shape index (κ1) is 31.5. The van der Waals surface area contributed by atoms with Gasteiger partial charge in [-0.25, -0.2) is 4.79 Å². The van der Waals surface area contributed by atoms with Gasteiger partial charge in [-0.15, -0.1) is 0 Å². The second-order valence-electron chi connectivity index (χ2n) is 13.4. The van der Waals surface area contributed by atoms with Crippen LogP contribution in [0.3, 0.4) is 0 Å². The number of hydrogen-bond donors (Lipinski definition) is 2. The van der Waals surface area contributed by atoms with Crippen LogP contribution in [0.25, 0.3) is 5.76 Å². The smallest absolute Gasteiger partial charge is 0.507 e. The molecule has 1 fully saturated rings. The van der Waals surface area contributed by atoms with E-state index >= 15 is 0 Å². The van der Waals surface area contributed by atoms with Crippen molar-refractivity contribution < 1.29 is 48.1 Å². The topological polar surface area (TPSA) is 155 Å². The Morgan fingerprint density at radius 2 is 1.80 bits per heavy atom. The molecule has 0 amide bonds. The molecule has 4 atom stereocenters. The number of Topliss-reactive ketones (excluding diaryl/α,β-unsaturated/α-hetero) is 2. The zero-order valence-corrected chi connectivity index (χ0v) is 26.6. The Kier molecular flexibility index (Phi) is 7.60. The number of nitrogens with zero attached hydrogens (tertiary/aromatic N) is 1. The van der Waals surface area contributed by atoms with Crippen LogP contribution in [0.4, 0.5) is 4.79 Å². The van der Waals surface area contributed by atoms with Crippen molar-refractivity contribution in [1.82, 2.24) is 5.16 Å². The first-order valence-corrected chi connectivity index (χ1v) is 15.2. The number of fused-ring (bicyclic) bond motifs is 4. The zero-order chi connectivity index (χ0) is 33.2. The van der Waals surface area contributed by atoms with Gasteiger partial charge in [0, 0.05) is 24.4 Å². The summed E-state index contributed by atoms with van der Waals surface area (Å²) in [5, 5.41) is 28.2. The fourth-order valence-corrected chi connectivity index (χ4v) is 7.19. The van der Waals surface area contributed by atoms with E-state index in [0.717, 1.165) is 11.1 Å². The molecule has 1 heterocycles.